The molecule has 0 unspecified atom stereocenters. The van der Waals surface area contributed by atoms with Crippen LogP contribution < -0.4 is 0 Å². The highest BCUT2D eigenvalue weighted by atomic mass is 35.5. The van der Waals surface area contributed by atoms with Crippen LogP contribution in [0.1, 0.15) is 22.2 Å². The van der Waals surface area contributed by atoms with Crippen molar-refractivity contribution in [2.45, 2.75) is 13.8 Å². The van der Waals surface area contributed by atoms with Crippen LogP contribution in [-0.4, -0.2) is 5.78 Å². The zero-order chi connectivity index (χ0) is 11.7. The van der Waals surface area contributed by atoms with E-state index >= 15 is 0 Å². The molecule has 0 fully saturated rings. The largest absolute Gasteiger partial charge is 0.294 e. The van der Waals surface area contributed by atoms with Gasteiger partial charge < -0.3 is 0 Å². The Balaban J connectivity index is 2.50. The van der Waals surface area contributed by atoms with E-state index in [1.54, 1.807) is 6.92 Å². The normalized spacial score (nSPS) is 10.4. The molecule has 0 bridgehead atoms. The van der Waals surface area contributed by atoms with Crippen molar-refractivity contribution in [2.75, 3.05) is 0 Å². The van der Waals surface area contributed by atoms with E-state index in [4.69, 9.17) is 11.6 Å². The highest BCUT2D eigenvalue weighted by molar-refractivity contribution is 7.17. The molecule has 0 N–H and O–H groups in total. The number of carbonyl (C=O) groups is 1. The summed E-state index contributed by atoms with van der Waals surface area (Å²) in [6, 6.07) is 9.64. The molecule has 0 spiro atoms. The number of halogens is 1. The van der Waals surface area contributed by atoms with Gasteiger partial charge in [-0.2, -0.15) is 0 Å². The number of thiophene rings is 1. The number of benzene rings is 1. The summed E-state index contributed by atoms with van der Waals surface area (Å²) in [4.78, 5) is 13.1. The van der Waals surface area contributed by atoms with Gasteiger partial charge in [-0.3, -0.25) is 4.79 Å². The summed E-state index contributed by atoms with van der Waals surface area (Å²) in [6.45, 7) is 3.62. The number of hydrogen-bond donors (Lipinski definition) is 0. The molecule has 0 atom stereocenters. The molecule has 16 heavy (non-hydrogen) atoms. The Morgan fingerprint density at radius 3 is 2.62 bits per heavy atom. The van der Waals surface area contributed by atoms with E-state index in [1.807, 2.05) is 37.3 Å². The smallest absolute Gasteiger partial charge is 0.169 e. The summed E-state index contributed by atoms with van der Waals surface area (Å²) in [6.07, 6.45) is 0. The van der Waals surface area contributed by atoms with Crippen molar-refractivity contribution in [3.05, 3.63) is 45.8 Å². The average molecular weight is 251 g/mol. The Morgan fingerprint density at radius 1 is 1.25 bits per heavy atom. The fourth-order valence-corrected chi connectivity index (χ4v) is 2.69. The second kappa shape index (κ2) is 4.40. The molecule has 2 rings (SSSR count). The highest BCUT2D eigenvalue weighted by Crippen LogP contribution is 2.32. The van der Waals surface area contributed by atoms with Crippen LogP contribution in [0, 0.1) is 6.92 Å². The van der Waals surface area contributed by atoms with Crippen molar-refractivity contribution in [1.29, 1.82) is 0 Å². The second-order valence-electron chi connectivity index (χ2n) is 3.68. The molecule has 1 nitrogen and oxygen atoms in total. The van der Waals surface area contributed by atoms with Crippen LogP contribution in [0.2, 0.25) is 5.02 Å². The van der Waals surface area contributed by atoms with Crippen molar-refractivity contribution in [3.63, 3.8) is 0 Å². The summed E-state index contributed by atoms with van der Waals surface area (Å²) >= 11 is 7.48. The molecular formula is C13H11ClOS. The second-order valence-corrected chi connectivity index (χ2v) is 5.20. The summed E-state index contributed by atoms with van der Waals surface area (Å²) < 4.78 is 0. The van der Waals surface area contributed by atoms with Crippen molar-refractivity contribution in [3.8, 4) is 10.4 Å². The van der Waals surface area contributed by atoms with Crippen LogP contribution in [-0.2, 0) is 0 Å². The van der Waals surface area contributed by atoms with Gasteiger partial charge in [0.25, 0.3) is 0 Å². The number of carbonyl (C=O) groups excluding carboxylic acids is 1. The van der Waals surface area contributed by atoms with Crippen molar-refractivity contribution < 1.29 is 4.79 Å². The first-order chi connectivity index (χ1) is 7.58. The Labute approximate surface area is 104 Å². The summed E-state index contributed by atoms with van der Waals surface area (Å²) in [5, 5.41) is 0.721. The van der Waals surface area contributed by atoms with Crippen molar-refractivity contribution in [1.82, 2.24) is 0 Å². The first-order valence-electron chi connectivity index (χ1n) is 4.95. The van der Waals surface area contributed by atoms with Gasteiger partial charge in [-0.25, -0.2) is 0 Å². The third-order valence-corrected chi connectivity index (χ3v) is 3.87. The maximum absolute atomic E-state index is 11.2. The minimum atomic E-state index is 0.107. The number of Topliss-reactive ketones (excluding diaryl/α,β-unsaturated/α-hetero) is 1. The van der Waals surface area contributed by atoms with Gasteiger partial charge in [-0.1, -0.05) is 17.7 Å². The first kappa shape index (κ1) is 11.4. The van der Waals surface area contributed by atoms with Gasteiger partial charge in [0, 0.05) is 9.90 Å². The van der Waals surface area contributed by atoms with Crippen LogP contribution in [0.4, 0.5) is 0 Å². The van der Waals surface area contributed by atoms with Crippen LogP contribution >= 0.6 is 22.9 Å². The SMILES string of the molecule is CC(=O)c1ccc(-c2cc(Cl)ccc2C)s1. The number of rotatable bonds is 2. The molecule has 0 saturated heterocycles. The third kappa shape index (κ3) is 2.18. The molecule has 1 heterocycles. The molecule has 1 aromatic carbocycles. The zero-order valence-corrected chi connectivity index (χ0v) is 10.7. The van der Waals surface area contributed by atoms with Crippen LogP contribution in [0.3, 0.4) is 0 Å². The van der Waals surface area contributed by atoms with Gasteiger partial charge in [-0.15, -0.1) is 11.3 Å². The predicted octanol–water partition coefficient (Wildman–Crippen LogP) is 4.58. The van der Waals surface area contributed by atoms with Crippen LogP contribution in [0.25, 0.3) is 10.4 Å². The summed E-state index contributed by atoms with van der Waals surface area (Å²) in [5.74, 6) is 0.107. The molecule has 2 aromatic rings. The van der Waals surface area contributed by atoms with E-state index in [1.165, 1.54) is 16.9 Å². The Bertz CT molecular complexity index is 543. The summed E-state index contributed by atoms with van der Waals surface area (Å²) in [7, 11) is 0. The quantitative estimate of drug-likeness (QED) is 0.713. The van der Waals surface area contributed by atoms with E-state index in [0.717, 1.165) is 20.3 Å². The van der Waals surface area contributed by atoms with Gasteiger partial charge in [0.1, 0.15) is 0 Å². The lowest BCUT2D eigenvalue weighted by atomic mass is 10.1. The molecule has 3 heteroatoms. The van der Waals surface area contributed by atoms with Crippen LogP contribution in [0.5, 0.6) is 0 Å². The first-order valence-corrected chi connectivity index (χ1v) is 6.14. The molecule has 1 aromatic heterocycles. The molecule has 0 aliphatic heterocycles. The Hall–Kier alpha value is -1.12. The lowest BCUT2D eigenvalue weighted by Gasteiger charge is -2.03. The number of ketones is 1. The fourth-order valence-electron chi connectivity index (χ4n) is 1.53. The highest BCUT2D eigenvalue weighted by Gasteiger charge is 2.08. The summed E-state index contributed by atoms with van der Waals surface area (Å²) in [5.41, 5.74) is 2.27. The van der Waals surface area contributed by atoms with E-state index < -0.39 is 0 Å². The van der Waals surface area contributed by atoms with Gasteiger partial charge >= 0.3 is 0 Å². The molecule has 0 aliphatic carbocycles. The molecule has 0 radical (unpaired) electrons. The lowest BCUT2D eigenvalue weighted by Crippen LogP contribution is -1.83. The third-order valence-electron chi connectivity index (χ3n) is 2.42. The number of hydrogen-bond acceptors (Lipinski definition) is 2. The minimum absolute atomic E-state index is 0.107. The topological polar surface area (TPSA) is 17.1 Å². The van der Waals surface area contributed by atoms with Gasteiger partial charge in [0.2, 0.25) is 0 Å². The number of aryl methyl sites for hydroxylation is 1. The maximum Gasteiger partial charge on any atom is 0.169 e. The van der Waals surface area contributed by atoms with Gasteiger partial charge in [0.15, 0.2) is 5.78 Å². The lowest BCUT2D eigenvalue weighted by molar-refractivity contribution is 0.102. The van der Waals surface area contributed by atoms with Crippen LogP contribution in [0.15, 0.2) is 30.3 Å². The zero-order valence-electron chi connectivity index (χ0n) is 9.08. The molecule has 82 valence electrons. The molecule has 0 amide bonds. The Kier molecular flexibility index (Phi) is 3.13. The molecule has 0 aliphatic rings. The standard InChI is InChI=1S/C13H11ClOS/c1-8-3-4-10(14)7-11(8)13-6-5-12(16-13)9(2)15/h3-7H,1-2H3. The Morgan fingerprint density at radius 2 is 2.00 bits per heavy atom. The predicted molar refractivity (Wildman–Crippen MR) is 69.5 cm³/mol. The van der Waals surface area contributed by atoms with Gasteiger partial charge in [0.05, 0.1) is 4.88 Å². The van der Waals surface area contributed by atoms with E-state index in [-0.39, 0.29) is 5.78 Å². The molecular weight excluding hydrogens is 240 g/mol. The maximum atomic E-state index is 11.2. The van der Waals surface area contributed by atoms with Crippen molar-refractivity contribution in [2.24, 2.45) is 0 Å². The van der Waals surface area contributed by atoms with E-state index in [9.17, 15) is 4.79 Å². The van der Waals surface area contributed by atoms with E-state index in [2.05, 4.69) is 0 Å². The van der Waals surface area contributed by atoms with Gasteiger partial charge in [-0.05, 0) is 49.2 Å². The fraction of sp³-hybridized carbons (Fsp3) is 0.154. The average Bonchev–Trinajstić information content (AvgIpc) is 2.70. The minimum Gasteiger partial charge on any atom is -0.294 e. The van der Waals surface area contributed by atoms with E-state index in [0.29, 0.717) is 0 Å². The van der Waals surface area contributed by atoms with Crippen molar-refractivity contribution >= 4 is 28.7 Å². The monoisotopic (exact) mass is 250 g/mol. The molecule has 0 saturated carbocycles.